The molecule has 0 heterocycles. The lowest BCUT2D eigenvalue weighted by Crippen LogP contribution is -2.13. The Labute approximate surface area is 103 Å². The van der Waals surface area contributed by atoms with E-state index >= 15 is 0 Å². The third-order valence-corrected chi connectivity index (χ3v) is 3.13. The highest BCUT2D eigenvalue weighted by Crippen LogP contribution is 2.18. The van der Waals surface area contributed by atoms with Crippen LogP contribution < -0.4 is 0 Å². The Morgan fingerprint density at radius 1 is 1.53 bits per heavy atom. The molecule has 1 aromatic carbocycles. The minimum absolute atomic E-state index is 0.0515. The zero-order chi connectivity index (χ0) is 11.3. The van der Waals surface area contributed by atoms with E-state index < -0.39 is 5.92 Å². The second-order valence-corrected chi connectivity index (χ2v) is 4.48. The van der Waals surface area contributed by atoms with Gasteiger partial charge in [0.15, 0.2) is 5.78 Å². The number of halogens is 1. The summed E-state index contributed by atoms with van der Waals surface area (Å²) >= 11 is 2.12. The van der Waals surface area contributed by atoms with E-state index in [9.17, 15) is 4.79 Å². The van der Waals surface area contributed by atoms with Gasteiger partial charge in [0.25, 0.3) is 0 Å². The molecule has 0 amide bonds. The maximum atomic E-state index is 12.0. The van der Waals surface area contributed by atoms with Crippen molar-refractivity contribution in [3.8, 4) is 6.07 Å². The molecule has 0 saturated carbocycles. The van der Waals surface area contributed by atoms with Gasteiger partial charge in [0.1, 0.15) is 5.92 Å². The predicted octanol–water partition coefficient (Wildman–Crippen LogP) is 3.41. The van der Waals surface area contributed by atoms with Crippen LogP contribution in [0.4, 0.5) is 0 Å². The Morgan fingerprint density at radius 3 is 2.73 bits per heavy atom. The fourth-order valence-corrected chi connectivity index (χ4v) is 2.04. The molecule has 0 radical (unpaired) electrons. The van der Waals surface area contributed by atoms with Crippen molar-refractivity contribution in [3.63, 3.8) is 0 Å². The maximum Gasteiger partial charge on any atom is 0.181 e. The van der Waals surface area contributed by atoms with E-state index in [0.717, 1.165) is 9.99 Å². The van der Waals surface area contributed by atoms with Crippen LogP contribution in [0, 0.1) is 20.8 Å². The van der Waals surface area contributed by atoms with E-state index in [1.54, 1.807) is 6.07 Å². The first-order valence-electron chi connectivity index (χ1n) is 4.89. The van der Waals surface area contributed by atoms with Crippen molar-refractivity contribution in [2.45, 2.75) is 19.8 Å². The summed E-state index contributed by atoms with van der Waals surface area (Å²) in [4.78, 5) is 12.0. The van der Waals surface area contributed by atoms with Crippen LogP contribution in [0.1, 0.15) is 30.1 Å². The van der Waals surface area contributed by atoms with Crippen LogP contribution in [-0.2, 0) is 0 Å². The van der Waals surface area contributed by atoms with E-state index in [2.05, 4.69) is 28.7 Å². The summed E-state index contributed by atoms with van der Waals surface area (Å²) in [5, 5.41) is 8.91. The van der Waals surface area contributed by atoms with Gasteiger partial charge in [-0.2, -0.15) is 5.26 Å². The molecule has 1 atom stereocenters. The van der Waals surface area contributed by atoms with E-state index in [4.69, 9.17) is 5.26 Å². The molecule has 0 saturated heterocycles. The number of hydrogen-bond donors (Lipinski definition) is 0. The number of rotatable bonds is 4. The lowest BCUT2D eigenvalue weighted by Gasteiger charge is -2.07. The predicted molar refractivity (Wildman–Crippen MR) is 67.5 cm³/mol. The molecule has 0 aliphatic rings. The Morgan fingerprint density at radius 2 is 2.20 bits per heavy atom. The molecule has 2 nitrogen and oxygen atoms in total. The SMILES string of the molecule is CCCC(C#N)C(=O)c1ccccc1I. The lowest BCUT2D eigenvalue weighted by atomic mass is 9.95. The molecule has 1 unspecified atom stereocenters. The molecular weight excluding hydrogens is 301 g/mol. The summed E-state index contributed by atoms with van der Waals surface area (Å²) in [6, 6.07) is 9.46. The number of carbonyl (C=O) groups excluding carboxylic acids is 1. The van der Waals surface area contributed by atoms with Gasteiger partial charge in [0, 0.05) is 9.13 Å². The van der Waals surface area contributed by atoms with Crippen LogP contribution in [0.3, 0.4) is 0 Å². The molecule has 0 aromatic heterocycles. The monoisotopic (exact) mass is 313 g/mol. The zero-order valence-corrected chi connectivity index (χ0v) is 10.7. The number of Topliss-reactive ketones (excluding diaryl/α,β-unsaturated/α-hetero) is 1. The van der Waals surface area contributed by atoms with Gasteiger partial charge in [0.05, 0.1) is 6.07 Å². The van der Waals surface area contributed by atoms with Crippen molar-refractivity contribution in [1.82, 2.24) is 0 Å². The van der Waals surface area contributed by atoms with Crippen molar-refractivity contribution in [1.29, 1.82) is 5.26 Å². The summed E-state index contributed by atoms with van der Waals surface area (Å²) in [6.45, 7) is 1.98. The molecule has 1 aromatic rings. The largest absolute Gasteiger partial charge is 0.293 e. The Bertz CT molecular complexity index is 395. The number of carbonyl (C=O) groups is 1. The van der Waals surface area contributed by atoms with Crippen LogP contribution in [0.15, 0.2) is 24.3 Å². The first-order valence-corrected chi connectivity index (χ1v) is 5.97. The van der Waals surface area contributed by atoms with Gasteiger partial charge in [-0.25, -0.2) is 0 Å². The van der Waals surface area contributed by atoms with E-state index in [1.165, 1.54) is 0 Å². The van der Waals surface area contributed by atoms with Crippen molar-refractivity contribution in [2.75, 3.05) is 0 Å². The lowest BCUT2D eigenvalue weighted by molar-refractivity contribution is 0.0942. The number of benzene rings is 1. The molecule has 15 heavy (non-hydrogen) atoms. The molecule has 78 valence electrons. The van der Waals surface area contributed by atoms with Gasteiger partial charge in [-0.3, -0.25) is 4.79 Å². The van der Waals surface area contributed by atoms with Crippen molar-refractivity contribution < 1.29 is 4.79 Å². The molecule has 0 aliphatic carbocycles. The summed E-state index contributed by atoms with van der Waals surface area (Å²) < 4.78 is 0.913. The van der Waals surface area contributed by atoms with Gasteiger partial charge in [-0.15, -0.1) is 0 Å². The first-order chi connectivity index (χ1) is 7.20. The third kappa shape index (κ3) is 3.03. The van der Waals surface area contributed by atoms with Gasteiger partial charge in [-0.05, 0) is 35.1 Å². The highest BCUT2D eigenvalue weighted by Gasteiger charge is 2.20. The Hall–Kier alpha value is -0.890. The molecule has 0 fully saturated rings. The molecule has 0 bridgehead atoms. The minimum Gasteiger partial charge on any atom is -0.293 e. The van der Waals surface area contributed by atoms with Crippen LogP contribution >= 0.6 is 22.6 Å². The van der Waals surface area contributed by atoms with Crippen LogP contribution in [0.2, 0.25) is 0 Å². The van der Waals surface area contributed by atoms with Crippen LogP contribution in [0.5, 0.6) is 0 Å². The van der Waals surface area contributed by atoms with Crippen molar-refractivity contribution >= 4 is 28.4 Å². The summed E-state index contributed by atoms with van der Waals surface area (Å²) in [7, 11) is 0. The van der Waals surface area contributed by atoms with Gasteiger partial charge < -0.3 is 0 Å². The van der Waals surface area contributed by atoms with E-state index in [0.29, 0.717) is 12.0 Å². The number of nitriles is 1. The van der Waals surface area contributed by atoms with Crippen molar-refractivity contribution in [2.24, 2.45) is 5.92 Å². The quantitative estimate of drug-likeness (QED) is 0.631. The van der Waals surface area contributed by atoms with Gasteiger partial charge in [0.2, 0.25) is 0 Å². The average molecular weight is 313 g/mol. The average Bonchev–Trinajstić information content (AvgIpc) is 2.25. The molecule has 0 spiro atoms. The number of hydrogen-bond acceptors (Lipinski definition) is 2. The number of ketones is 1. The minimum atomic E-state index is -0.495. The molecular formula is C12H12INO. The topological polar surface area (TPSA) is 40.9 Å². The molecule has 0 aliphatic heterocycles. The Kier molecular flexibility index (Phi) is 4.76. The van der Waals surface area contributed by atoms with Crippen molar-refractivity contribution in [3.05, 3.63) is 33.4 Å². The standard InChI is InChI=1S/C12H12INO/c1-2-5-9(8-14)12(15)10-6-3-4-7-11(10)13/h3-4,6-7,9H,2,5H2,1H3. The second-order valence-electron chi connectivity index (χ2n) is 3.31. The van der Waals surface area contributed by atoms with Crippen LogP contribution in [0.25, 0.3) is 0 Å². The first kappa shape index (κ1) is 12.2. The molecule has 0 N–H and O–H groups in total. The normalized spacial score (nSPS) is 11.8. The summed E-state index contributed by atoms with van der Waals surface area (Å²) in [5.74, 6) is -0.546. The molecule has 3 heteroatoms. The fraction of sp³-hybridized carbons (Fsp3) is 0.333. The van der Waals surface area contributed by atoms with E-state index in [1.807, 2.05) is 25.1 Å². The zero-order valence-electron chi connectivity index (χ0n) is 8.53. The summed E-state index contributed by atoms with van der Waals surface area (Å²) in [5.41, 5.74) is 0.665. The third-order valence-electron chi connectivity index (χ3n) is 2.19. The van der Waals surface area contributed by atoms with Gasteiger partial charge in [-0.1, -0.05) is 31.5 Å². The molecule has 1 rings (SSSR count). The smallest absolute Gasteiger partial charge is 0.181 e. The summed E-state index contributed by atoms with van der Waals surface area (Å²) in [6.07, 6.45) is 1.49. The van der Waals surface area contributed by atoms with Crippen LogP contribution in [-0.4, -0.2) is 5.78 Å². The van der Waals surface area contributed by atoms with Gasteiger partial charge >= 0.3 is 0 Å². The van der Waals surface area contributed by atoms with E-state index in [-0.39, 0.29) is 5.78 Å². The Balaban J connectivity index is 2.94. The highest BCUT2D eigenvalue weighted by molar-refractivity contribution is 14.1. The maximum absolute atomic E-state index is 12.0. The number of nitrogens with zero attached hydrogens (tertiary/aromatic N) is 1. The second kappa shape index (κ2) is 5.86. The fourth-order valence-electron chi connectivity index (χ4n) is 1.39. The highest BCUT2D eigenvalue weighted by atomic mass is 127.